The van der Waals surface area contributed by atoms with E-state index in [0.29, 0.717) is 11.6 Å². The van der Waals surface area contributed by atoms with Crippen molar-refractivity contribution in [3.05, 3.63) is 36.2 Å². The lowest BCUT2D eigenvalue weighted by Crippen LogP contribution is -2.43. The molecule has 0 radical (unpaired) electrons. The summed E-state index contributed by atoms with van der Waals surface area (Å²) in [6, 6.07) is 6.17. The molecule has 0 spiro atoms. The molecule has 1 amide bonds. The van der Waals surface area contributed by atoms with Gasteiger partial charge in [0.05, 0.1) is 17.3 Å². The Morgan fingerprint density at radius 1 is 1.40 bits per heavy atom. The predicted octanol–water partition coefficient (Wildman–Crippen LogP) is 3.11. The smallest absolute Gasteiger partial charge is 0.257 e. The molecule has 1 fully saturated rings. The van der Waals surface area contributed by atoms with E-state index in [2.05, 4.69) is 21.0 Å². The van der Waals surface area contributed by atoms with Gasteiger partial charge in [-0.25, -0.2) is 4.52 Å². The molecule has 1 unspecified atom stereocenters. The number of aromatic nitrogens is 2. The first-order valence-corrected chi connectivity index (χ1v) is 8.22. The van der Waals surface area contributed by atoms with Crippen molar-refractivity contribution in [1.29, 1.82) is 0 Å². The zero-order valence-electron chi connectivity index (χ0n) is 11.3. The number of halogens is 1. The summed E-state index contributed by atoms with van der Waals surface area (Å²) in [7, 11) is 0. The maximum atomic E-state index is 12.8. The van der Waals surface area contributed by atoms with Gasteiger partial charge in [0.2, 0.25) is 0 Å². The molecule has 0 N–H and O–H groups in total. The van der Waals surface area contributed by atoms with Gasteiger partial charge in [-0.1, -0.05) is 22.0 Å². The number of likely N-dealkylation sites (tertiary alicyclic amines) is 1. The molecule has 1 saturated heterocycles. The Morgan fingerprint density at radius 3 is 3.15 bits per heavy atom. The van der Waals surface area contributed by atoms with E-state index >= 15 is 0 Å². The van der Waals surface area contributed by atoms with Crippen molar-refractivity contribution >= 4 is 27.4 Å². The Bertz CT molecular complexity index is 608. The van der Waals surface area contributed by atoms with Crippen LogP contribution < -0.4 is 0 Å². The summed E-state index contributed by atoms with van der Waals surface area (Å²) >= 11 is 3.50. The number of hydrogen-bond donors (Lipinski definition) is 0. The van der Waals surface area contributed by atoms with Gasteiger partial charge in [0.15, 0.2) is 0 Å². The monoisotopic (exact) mass is 335 g/mol. The first-order chi connectivity index (χ1) is 9.81. The van der Waals surface area contributed by atoms with Gasteiger partial charge < -0.3 is 4.90 Å². The average Bonchev–Trinajstić information content (AvgIpc) is 2.91. The van der Waals surface area contributed by atoms with E-state index < -0.39 is 0 Å². The number of rotatable bonds is 3. The summed E-state index contributed by atoms with van der Waals surface area (Å²) in [4.78, 5) is 14.9. The van der Waals surface area contributed by atoms with E-state index in [9.17, 15) is 4.79 Å². The number of alkyl halides is 1. The fourth-order valence-electron chi connectivity index (χ4n) is 2.95. The Kier molecular flexibility index (Phi) is 4.05. The molecular formula is C15H18BrN3O. The third kappa shape index (κ3) is 2.46. The number of amides is 1. The van der Waals surface area contributed by atoms with Crippen LogP contribution in [0, 0.1) is 0 Å². The van der Waals surface area contributed by atoms with E-state index in [4.69, 9.17) is 0 Å². The van der Waals surface area contributed by atoms with Gasteiger partial charge in [-0.3, -0.25) is 4.79 Å². The molecule has 1 aliphatic heterocycles. The highest BCUT2D eigenvalue weighted by Gasteiger charge is 2.28. The van der Waals surface area contributed by atoms with Crippen molar-refractivity contribution in [2.24, 2.45) is 0 Å². The second-order valence-electron chi connectivity index (χ2n) is 5.21. The van der Waals surface area contributed by atoms with Crippen LogP contribution in [0.25, 0.3) is 5.52 Å². The van der Waals surface area contributed by atoms with Gasteiger partial charge in [-0.15, -0.1) is 0 Å². The second-order valence-corrected chi connectivity index (χ2v) is 6.01. The topological polar surface area (TPSA) is 37.6 Å². The molecule has 2 aromatic rings. The molecule has 3 rings (SSSR count). The molecule has 106 valence electrons. The highest BCUT2D eigenvalue weighted by Crippen LogP contribution is 2.24. The van der Waals surface area contributed by atoms with Crippen LogP contribution in [-0.2, 0) is 0 Å². The summed E-state index contributed by atoms with van der Waals surface area (Å²) in [5.74, 6) is 0.122. The minimum atomic E-state index is 0.122. The van der Waals surface area contributed by atoms with Gasteiger partial charge in [-0.05, 0) is 37.8 Å². The van der Waals surface area contributed by atoms with E-state index in [1.54, 1.807) is 10.7 Å². The first kappa shape index (κ1) is 13.6. The van der Waals surface area contributed by atoms with Gasteiger partial charge >= 0.3 is 0 Å². The fourth-order valence-corrected chi connectivity index (χ4v) is 3.48. The predicted molar refractivity (Wildman–Crippen MR) is 82.3 cm³/mol. The van der Waals surface area contributed by atoms with Gasteiger partial charge in [0, 0.05) is 24.1 Å². The molecule has 1 aliphatic rings. The fraction of sp³-hybridized carbons (Fsp3) is 0.467. The minimum Gasteiger partial charge on any atom is -0.336 e. The SMILES string of the molecule is O=C(c1cnn2ccccc12)N1CCCCC1CCBr. The Hall–Kier alpha value is -1.36. The van der Waals surface area contributed by atoms with Crippen molar-refractivity contribution in [1.82, 2.24) is 14.5 Å². The molecule has 20 heavy (non-hydrogen) atoms. The van der Waals surface area contributed by atoms with Crippen molar-refractivity contribution < 1.29 is 4.79 Å². The van der Waals surface area contributed by atoms with Crippen LogP contribution in [-0.4, -0.2) is 38.3 Å². The average molecular weight is 336 g/mol. The van der Waals surface area contributed by atoms with E-state index in [-0.39, 0.29) is 5.91 Å². The van der Waals surface area contributed by atoms with Crippen molar-refractivity contribution in [3.63, 3.8) is 0 Å². The Balaban J connectivity index is 1.90. The van der Waals surface area contributed by atoms with Gasteiger partial charge in [0.1, 0.15) is 0 Å². The van der Waals surface area contributed by atoms with E-state index in [1.165, 1.54) is 6.42 Å². The summed E-state index contributed by atoms with van der Waals surface area (Å²) in [5, 5.41) is 5.21. The molecule has 0 saturated carbocycles. The van der Waals surface area contributed by atoms with Gasteiger partial charge in [0.25, 0.3) is 5.91 Å². The zero-order chi connectivity index (χ0) is 13.9. The highest BCUT2D eigenvalue weighted by molar-refractivity contribution is 9.09. The summed E-state index contributed by atoms with van der Waals surface area (Å²) in [5.41, 5.74) is 1.60. The Labute approximate surface area is 126 Å². The summed E-state index contributed by atoms with van der Waals surface area (Å²) in [6.07, 6.45) is 8.01. The number of piperidine rings is 1. The maximum absolute atomic E-state index is 12.8. The van der Waals surface area contributed by atoms with Crippen molar-refractivity contribution in [2.45, 2.75) is 31.7 Å². The molecule has 3 heterocycles. The molecule has 5 heteroatoms. The van der Waals surface area contributed by atoms with E-state index in [1.807, 2.05) is 29.3 Å². The molecule has 2 aromatic heterocycles. The molecule has 0 aliphatic carbocycles. The maximum Gasteiger partial charge on any atom is 0.257 e. The Morgan fingerprint density at radius 2 is 2.30 bits per heavy atom. The number of carbonyl (C=O) groups is 1. The molecule has 1 atom stereocenters. The third-order valence-electron chi connectivity index (χ3n) is 3.99. The zero-order valence-corrected chi connectivity index (χ0v) is 12.9. The second kappa shape index (κ2) is 5.95. The van der Waals surface area contributed by atoms with Crippen LogP contribution in [0.1, 0.15) is 36.0 Å². The van der Waals surface area contributed by atoms with Crippen LogP contribution >= 0.6 is 15.9 Å². The van der Waals surface area contributed by atoms with Crippen molar-refractivity contribution in [3.8, 4) is 0 Å². The quantitative estimate of drug-likeness (QED) is 0.808. The third-order valence-corrected chi connectivity index (χ3v) is 4.45. The molecule has 0 bridgehead atoms. The lowest BCUT2D eigenvalue weighted by Gasteiger charge is -2.35. The van der Waals surface area contributed by atoms with Crippen molar-refractivity contribution in [2.75, 3.05) is 11.9 Å². The summed E-state index contributed by atoms with van der Waals surface area (Å²) < 4.78 is 1.76. The van der Waals surface area contributed by atoms with Gasteiger partial charge in [-0.2, -0.15) is 5.10 Å². The van der Waals surface area contributed by atoms with E-state index in [0.717, 1.165) is 36.7 Å². The number of fused-ring (bicyclic) bond motifs is 1. The standard InChI is InChI=1S/C15H18BrN3O/c16-8-7-12-5-1-3-9-18(12)15(20)13-11-17-19-10-4-2-6-14(13)19/h2,4,6,10-12H,1,3,5,7-9H2. The van der Waals surface area contributed by atoms with Crippen LogP contribution in [0.15, 0.2) is 30.6 Å². The number of nitrogens with zero attached hydrogens (tertiary/aromatic N) is 3. The number of carbonyl (C=O) groups excluding carboxylic acids is 1. The van der Waals surface area contributed by atoms with Crippen LogP contribution in [0.3, 0.4) is 0 Å². The molecule has 4 nitrogen and oxygen atoms in total. The van der Waals surface area contributed by atoms with Crippen LogP contribution in [0.2, 0.25) is 0 Å². The first-order valence-electron chi connectivity index (χ1n) is 7.10. The lowest BCUT2D eigenvalue weighted by molar-refractivity contribution is 0.0612. The van der Waals surface area contributed by atoms with Crippen LogP contribution in [0.4, 0.5) is 0 Å². The minimum absolute atomic E-state index is 0.122. The molecular weight excluding hydrogens is 318 g/mol. The highest BCUT2D eigenvalue weighted by atomic mass is 79.9. The molecule has 0 aromatic carbocycles. The van der Waals surface area contributed by atoms with Crippen LogP contribution in [0.5, 0.6) is 0 Å². The number of pyridine rings is 1. The summed E-state index contributed by atoms with van der Waals surface area (Å²) in [6.45, 7) is 0.862. The number of hydrogen-bond acceptors (Lipinski definition) is 2. The normalized spacial score (nSPS) is 19.4. The lowest BCUT2D eigenvalue weighted by atomic mass is 9.99. The largest absolute Gasteiger partial charge is 0.336 e.